The molecule has 2 aromatic carbocycles. The summed E-state index contributed by atoms with van der Waals surface area (Å²) in [6.45, 7) is -0.0861. The average molecular weight is 360 g/mol. The Kier molecular flexibility index (Phi) is 5.22. The maximum Gasteiger partial charge on any atom is 0.262 e. The van der Waals surface area contributed by atoms with Crippen LogP contribution >= 0.6 is 23.1 Å². The Labute approximate surface area is 148 Å². The Bertz CT molecular complexity index is 864. The number of rotatable bonds is 6. The first-order chi connectivity index (χ1) is 11.7. The lowest BCUT2D eigenvalue weighted by atomic mass is 10.3. The zero-order chi connectivity index (χ0) is 16.9. The van der Waals surface area contributed by atoms with E-state index < -0.39 is 0 Å². The summed E-state index contributed by atoms with van der Waals surface area (Å²) >= 11 is 3.22. The predicted octanol–water partition coefficient (Wildman–Crippen LogP) is 4.04. The monoisotopic (exact) mass is 360 g/mol. The third kappa shape index (κ3) is 3.80. The number of ether oxygens (including phenoxy) is 2. The standard InChI is InChI=1S/C17H16N2O3S2/c1-21-13-5-3-4-6-14(13)22-10-16(20)18-11-7-8-12-15(9-11)24-17(19-12)23-2/h3-9H,10H2,1-2H3,(H,18,20). The molecule has 0 atom stereocenters. The fourth-order valence-electron chi connectivity index (χ4n) is 2.15. The van der Waals surface area contributed by atoms with Gasteiger partial charge in [-0.3, -0.25) is 4.79 Å². The molecule has 0 saturated heterocycles. The Balaban J connectivity index is 1.64. The number of carbonyl (C=O) groups excluding carboxylic acids is 1. The van der Waals surface area contributed by atoms with E-state index in [0.29, 0.717) is 11.5 Å². The van der Waals surface area contributed by atoms with Gasteiger partial charge in [-0.2, -0.15) is 0 Å². The van der Waals surface area contributed by atoms with Crippen molar-refractivity contribution in [1.29, 1.82) is 0 Å². The molecular formula is C17H16N2O3S2. The van der Waals surface area contributed by atoms with Gasteiger partial charge in [-0.05, 0) is 36.6 Å². The van der Waals surface area contributed by atoms with E-state index in [2.05, 4.69) is 10.3 Å². The van der Waals surface area contributed by atoms with Crippen LogP contribution in [-0.2, 0) is 4.79 Å². The molecule has 0 bridgehead atoms. The van der Waals surface area contributed by atoms with Gasteiger partial charge in [0.15, 0.2) is 22.4 Å². The maximum absolute atomic E-state index is 12.1. The van der Waals surface area contributed by atoms with Gasteiger partial charge in [-0.15, -0.1) is 11.3 Å². The normalized spacial score (nSPS) is 10.6. The van der Waals surface area contributed by atoms with Crippen molar-refractivity contribution < 1.29 is 14.3 Å². The van der Waals surface area contributed by atoms with E-state index >= 15 is 0 Å². The van der Waals surface area contributed by atoms with Crippen molar-refractivity contribution in [3.63, 3.8) is 0 Å². The number of carbonyl (C=O) groups is 1. The smallest absolute Gasteiger partial charge is 0.262 e. The number of nitrogens with zero attached hydrogens (tertiary/aromatic N) is 1. The summed E-state index contributed by atoms with van der Waals surface area (Å²) in [5.74, 6) is 0.911. The van der Waals surface area contributed by atoms with Crippen LogP contribution in [0.4, 0.5) is 5.69 Å². The van der Waals surface area contributed by atoms with Crippen LogP contribution in [0.2, 0.25) is 0 Å². The molecule has 0 aliphatic rings. The highest BCUT2D eigenvalue weighted by atomic mass is 32.2. The molecule has 0 unspecified atom stereocenters. The Morgan fingerprint density at radius 2 is 2.04 bits per heavy atom. The minimum Gasteiger partial charge on any atom is -0.493 e. The third-order valence-corrected chi connectivity index (χ3v) is 5.26. The number of benzene rings is 2. The fourth-order valence-corrected chi connectivity index (χ4v) is 3.68. The first kappa shape index (κ1) is 16.6. The van der Waals surface area contributed by atoms with Gasteiger partial charge in [0.2, 0.25) is 0 Å². The van der Waals surface area contributed by atoms with Crippen molar-refractivity contribution >= 4 is 44.9 Å². The predicted molar refractivity (Wildman–Crippen MR) is 98.5 cm³/mol. The van der Waals surface area contributed by atoms with Crippen LogP contribution in [0, 0.1) is 0 Å². The minimum atomic E-state index is -0.227. The Morgan fingerprint density at radius 3 is 2.79 bits per heavy atom. The summed E-state index contributed by atoms with van der Waals surface area (Å²) in [5, 5.41) is 2.84. The summed E-state index contributed by atoms with van der Waals surface area (Å²) in [6, 6.07) is 12.9. The van der Waals surface area contributed by atoms with Crippen molar-refractivity contribution in [1.82, 2.24) is 4.98 Å². The number of nitrogens with one attached hydrogen (secondary N) is 1. The number of anilines is 1. The molecule has 0 radical (unpaired) electrons. The molecule has 0 spiro atoms. The molecule has 7 heteroatoms. The number of aromatic nitrogens is 1. The zero-order valence-electron chi connectivity index (χ0n) is 13.2. The third-order valence-electron chi connectivity index (χ3n) is 3.26. The lowest BCUT2D eigenvalue weighted by Crippen LogP contribution is -2.20. The molecule has 0 fully saturated rings. The van der Waals surface area contributed by atoms with Crippen LogP contribution in [0.1, 0.15) is 0 Å². The second-order valence-corrected chi connectivity index (χ2v) is 6.94. The van der Waals surface area contributed by atoms with Crippen LogP contribution in [0.3, 0.4) is 0 Å². The SMILES string of the molecule is COc1ccccc1OCC(=O)Nc1ccc2nc(SC)sc2c1. The van der Waals surface area contributed by atoms with Crippen LogP contribution in [0.15, 0.2) is 46.8 Å². The Morgan fingerprint density at radius 1 is 1.25 bits per heavy atom. The van der Waals surface area contributed by atoms with Crippen LogP contribution in [-0.4, -0.2) is 30.9 Å². The quantitative estimate of drug-likeness (QED) is 0.672. The van der Waals surface area contributed by atoms with E-state index in [9.17, 15) is 4.79 Å². The van der Waals surface area contributed by atoms with Gasteiger partial charge >= 0.3 is 0 Å². The molecule has 1 heterocycles. The van der Waals surface area contributed by atoms with Gasteiger partial charge in [0.1, 0.15) is 0 Å². The summed E-state index contributed by atoms with van der Waals surface area (Å²) < 4.78 is 12.8. The van der Waals surface area contributed by atoms with Crippen molar-refractivity contribution in [3.05, 3.63) is 42.5 Å². The van der Waals surface area contributed by atoms with Crippen molar-refractivity contribution in [2.75, 3.05) is 25.3 Å². The van der Waals surface area contributed by atoms with Crippen LogP contribution < -0.4 is 14.8 Å². The molecule has 0 saturated carbocycles. The van der Waals surface area contributed by atoms with Crippen molar-refractivity contribution in [3.8, 4) is 11.5 Å². The number of thiazole rings is 1. The Hall–Kier alpha value is -2.25. The number of fused-ring (bicyclic) bond motifs is 1. The molecular weight excluding hydrogens is 344 g/mol. The number of hydrogen-bond acceptors (Lipinski definition) is 6. The summed E-state index contributed by atoms with van der Waals surface area (Å²) in [5.41, 5.74) is 1.67. The number of para-hydroxylation sites is 2. The van der Waals surface area contributed by atoms with E-state index in [1.807, 2.05) is 36.6 Å². The van der Waals surface area contributed by atoms with Crippen LogP contribution in [0.25, 0.3) is 10.2 Å². The maximum atomic E-state index is 12.1. The van der Waals surface area contributed by atoms with E-state index in [1.54, 1.807) is 42.3 Å². The van der Waals surface area contributed by atoms with Gasteiger partial charge in [-0.25, -0.2) is 4.98 Å². The molecule has 0 aliphatic carbocycles. The van der Waals surface area contributed by atoms with Gasteiger partial charge in [0.05, 0.1) is 17.3 Å². The van der Waals surface area contributed by atoms with E-state index in [4.69, 9.17) is 9.47 Å². The van der Waals surface area contributed by atoms with Crippen LogP contribution in [0.5, 0.6) is 11.5 Å². The van der Waals surface area contributed by atoms with Crippen molar-refractivity contribution in [2.45, 2.75) is 4.34 Å². The van der Waals surface area contributed by atoms with Gasteiger partial charge < -0.3 is 14.8 Å². The van der Waals surface area contributed by atoms with E-state index in [-0.39, 0.29) is 12.5 Å². The van der Waals surface area contributed by atoms with Crippen molar-refractivity contribution in [2.24, 2.45) is 0 Å². The lowest BCUT2D eigenvalue weighted by Gasteiger charge is -2.10. The molecule has 5 nitrogen and oxygen atoms in total. The lowest BCUT2D eigenvalue weighted by molar-refractivity contribution is -0.118. The highest BCUT2D eigenvalue weighted by molar-refractivity contribution is 8.00. The first-order valence-corrected chi connectivity index (χ1v) is 9.24. The highest BCUT2D eigenvalue weighted by Crippen LogP contribution is 2.30. The number of amides is 1. The molecule has 24 heavy (non-hydrogen) atoms. The second-order valence-electron chi connectivity index (χ2n) is 4.85. The number of thioether (sulfide) groups is 1. The second kappa shape index (κ2) is 7.55. The molecule has 3 aromatic rings. The molecule has 124 valence electrons. The first-order valence-electron chi connectivity index (χ1n) is 7.20. The average Bonchev–Trinajstić information content (AvgIpc) is 3.02. The van der Waals surface area contributed by atoms with E-state index in [1.165, 1.54) is 0 Å². The largest absolute Gasteiger partial charge is 0.493 e. The fraction of sp³-hybridized carbons (Fsp3) is 0.176. The number of methoxy groups -OCH3 is 1. The number of hydrogen-bond donors (Lipinski definition) is 1. The summed E-state index contributed by atoms with van der Waals surface area (Å²) in [4.78, 5) is 16.6. The van der Waals surface area contributed by atoms with E-state index in [0.717, 1.165) is 20.2 Å². The molecule has 1 aromatic heterocycles. The summed E-state index contributed by atoms with van der Waals surface area (Å²) in [7, 11) is 1.56. The topological polar surface area (TPSA) is 60.5 Å². The van der Waals surface area contributed by atoms with Gasteiger partial charge in [0, 0.05) is 5.69 Å². The van der Waals surface area contributed by atoms with Gasteiger partial charge in [-0.1, -0.05) is 23.9 Å². The molecule has 3 rings (SSSR count). The minimum absolute atomic E-state index is 0.0861. The molecule has 1 N–H and O–H groups in total. The summed E-state index contributed by atoms with van der Waals surface area (Å²) in [6.07, 6.45) is 2.00. The zero-order valence-corrected chi connectivity index (χ0v) is 14.9. The van der Waals surface area contributed by atoms with Gasteiger partial charge in [0.25, 0.3) is 5.91 Å². The molecule has 0 aliphatic heterocycles. The molecule has 1 amide bonds. The highest BCUT2D eigenvalue weighted by Gasteiger charge is 2.09.